The second-order valence-electron chi connectivity index (χ2n) is 12.4. The lowest BCUT2D eigenvalue weighted by atomic mass is 9.45. The number of fused-ring (bicyclic) bond motifs is 5. The Morgan fingerprint density at radius 3 is 2.18 bits per heavy atom. The highest BCUT2D eigenvalue weighted by Gasteiger charge is 2.59. The second-order valence-corrected chi connectivity index (χ2v) is 12.4. The van der Waals surface area contributed by atoms with Crippen LogP contribution in [0.15, 0.2) is 0 Å². The first kappa shape index (κ1) is 22.7. The molecule has 0 heteroatoms. The fourth-order valence-electron chi connectivity index (χ4n) is 8.52. The first-order valence-corrected chi connectivity index (χ1v) is 13.3. The third-order valence-electron chi connectivity index (χ3n) is 9.94. The van der Waals surface area contributed by atoms with E-state index in [2.05, 4.69) is 41.5 Å². The molecule has 0 radical (unpaired) electrons. The fourth-order valence-corrected chi connectivity index (χ4v) is 8.52. The zero-order chi connectivity index (χ0) is 20.4. The first-order chi connectivity index (χ1) is 13.3. The molecule has 0 amide bonds. The predicted octanol–water partition coefficient (Wildman–Crippen LogP) is 9.28. The van der Waals surface area contributed by atoms with Crippen LogP contribution in [0.4, 0.5) is 0 Å². The molecule has 0 N–H and O–H groups in total. The molecular weight excluding hydrogens is 336 g/mol. The van der Waals surface area contributed by atoms with Gasteiger partial charge < -0.3 is 0 Å². The van der Waals surface area contributed by atoms with Gasteiger partial charge in [0.05, 0.1) is 0 Å². The van der Waals surface area contributed by atoms with E-state index in [9.17, 15) is 0 Å². The summed E-state index contributed by atoms with van der Waals surface area (Å²) in [7, 11) is 0. The molecule has 0 nitrogen and oxygen atoms in total. The Morgan fingerprint density at radius 1 is 0.750 bits per heavy atom. The summed E-state index contributed by atoms with van der Waals surface area (Å²) in [6, 6.07) is 0. The van der Waals surface area contributed by atoms with Gasteiger partial charge in [-0.25, -0.2) is 0 Å². The van der Waals surface area contributed by atoms with Crippen LogP contribution in [0, 0.1) is 46.3 Å². The molecule has 28 heavy (non-hydrogen) atoms. The minimum absolute atomic E-state index is 0.715. The van der Waals surface area contributed by atoms with Crippen molar-refractivity contribution in [1.29, 1.82) is 0 Å². The molecule has 4 fully saturated rings. The number of hydrogen-bond donors (Lipinski definition) is 0. The summed E-state index contributed by atoms with van der Waals surface area (Å²) >= 11 is 0. The first-order valence-electron chi connectivity index (χ1n) is 13.3. The largest absolute Gasteiger partial charge is 0.0654 e. The van der Waals surface area contributed by atoms with Crippen LogP contribution in [0.3, 0.4) is 0 Å². The van der Waals surface area contributed by atoms with Gasteiger partial charge in [-0.1, -0.05) is 73.6 Å². The quantitative estimate of drug-likeness (QED) is 0.421. The van der Waals surface area contributed by atoms with E-state index in [0.717, 1.165) is 40.9 Å². The average molecular weight is 389 g/mol. The van der Waals surface area contributed by atoms with Gasteiger partial charge in [0.15, 0.2) is 0 Å². The van der Waals surface area contributed by atoms with Gasteiger partial charge in [-0.15, -0.1) is 0 Å². The third-order valence-corrected chi connectivity index (χ3v) is 9.94. The van der Waals surface area contributed by atoms with Crippen LogP contribution >= 0.6 is 0 Å². The predicted molar refractivity (Wildman–Crippen MR) is 124 cm³/mol. The summed E-state index contributed by atoms with van der Waals surface area (Å²) in [5.74, 6) is 6.25. The Labute approximate surface area is 178 Å². The molecule has 0 spiro atoms. The van der Waals surface area contributed by atoms with Crippen LogP contribution in [-0.2, 0) is 0 Å². The van der Waals surface area contributed by atoms with Crippen molar-refractivity contribution < 1.29 is 0 Å². The molecule has 0 aromatic heterocycles. The Morgan fingerprint density at radius 2 is 1.46 bits per heavy atom. The van der Waals surface area contributed by atoms with Crippen LogP contribution in [-0.4, -0.2) is 0 Å². The molecule has 0 aromatic rings. The van der Waals surface area contributed by atoms with E-state index in [-0.39, 0.29) is 0 Å². The van der Waals surface area contributed by atoms with E-state index in [1.165, 1.54) is 38.5 Å². The highest BCUT2D eigenvalue weighted by Crippen LogP contribution is 2.67. The number of rotatable bonds is 4. The van der Waals surface area contributed by atoms with E-state index in [1.807, 2.05) is 0 Å². The number of hydrogen-bond acceptors (Lipinski definition) is 0. The molecule has 7 atom stereocenters. The van der Waals surface area contributed by atoms with E-state index < -0.39 is 0 Å². The highest BCUT2D eigenvalue weighted by molar-refractivity contribution is 5.08. The SMILES string of the molecule is CC(C)C.CCCCCC1CCC2C3CCC4CCCCC4(C)C3CCC12C. The molecular formula is C28H52. The van der Waals surface area contributed by atoms with Gasteiger partial charge in [0.25, 0.3) is 0 Å². The Hall–Kier alpha value is 0. The summed E-state index contributed by atoms with van der Waals surface area (Å²) in [4.78, 5) is 0. The van der Waals surface area contributed by atoms with Crippen LogP contribution in [0.1, 0.15) is 131 Å². The highest BCUT2D eigenvalue weighted by atomic mass is 14.6. The van der Waals surface area contributed by atoms with Crippen LogP contribution in [0.25, 0.3) is 0 Å². The van der Waals surface area contributed by atoms with E-state index in [0.29, 0.717) is 5.41 Å². The van der Waals surface area contributed by atoms with Crippen molar-refractivity contribution in [2.45, 2.75) is 131 Å². The van der Waals surface area contributed by atoms with Crippen molar-refractivity contribution >= 4 is 0 Å². The van der Waals surface area contributed by atoms with Crippen molar-refractivity contribution in [2.24, 2.45) is 46.3 Å². The van der Waals surface area contributed by atoms with E-state index in [1.54, 1.807) is 51.4 Å². The maximum Gasteiger partial charge on any atom is -0.0266 e. The average Bonchev–Trinajstić information content (AvgIpc) is 2.98. The van der Waals surface area contributed by atoms with Crippen LogP contribution in [0.5, 0.6) is 0 Å². The smallest absolute Gasteiger partial charge is 0.0266 e. The molecule has 164 valence electrons. The molecule has 4 rings (SSSR count). The van der Waals surface area contributed by atoms with Gasteiger partial charge in [0.2, 0.25) is 0 Å². The van der Waals surface area contributed by atoms with Crippen LogP contribution < -0.4 is 0 Å². The summed E-state index contributed by atoms with van der Waals surface area (Å²) in [5, 5.41) is 0. The molecule has 4 aliphatic carbocycles. The van der Waals surface area contributed by atoms with Gasteiger partial charge in [-0.3, -0.25) is 0 Å². The Bertz CT molecular complexity index is 476. The summed E-state index contributed by atoms with van der Waals surface area (Å²) in [5.41, 5.74) is 1.44. The molecule has 4 aliphatic rings. The van der Waals surface area contributed by atoms with Gasteiger partial charge in [-0.2, -0.15) is 0 Å². The summed E-state index contributed by atoms with van der Waals surface area (Å²) < 4.78 is 0. The monoisotopic (exact) mass is 388 g/mol. The molecule has 4 saturated carbocycles. The normalized spacial score (nSPS) is 44.9. The zero-order valence-electron chi connectivity index (χ0n) is 20.4. The Balaban J connectivity index is 0.000000516. The minimum atomic E-state index is 0.715. The van der Waals surface area contributed by atoms with E-state index in [4.69, 9.17) is 0 Å². The van der Waals surface area contributed by atoms with Crippen molar-refractivity contribution in [2.75, 3.05) is 0 Å². The molecule has 0 aliphatic heterocycles. The molecule has 0 saturated heterocycles. The fraction of sp³-hybridized carbons (Fsp3) is 1.00. The molecule has 0 heterocycles. The van der Waals surface area contributed by atoms with Crippen LogP contribution in [0.2, 0.25) is 0 Å². The maximum atomic E-state index is 2.73. The van der Waals surface area contributed by atoms with Crippen molar-refractivity contribution in [3.63, 3.8) is 0 Å². The van der Waals surface area contributed by atoms with Gasteiger partial charge in [0.1, 0.15) is 0 Å². The summed E-state index contributed by atoms with van der Waals surface area (Å²) in [6.07, 6.45) is 21.5. The van der Waals surface area contributed by atoms with Crippen molar-refractivity contribution in [1.82, 2.24) is 0 Å². The topological polar surface area (TPSA) is 0 Å². The van der Waals surface area contributed by atoms with E-state index >= 15 is 0 Å². The van der Waals surface area contributed by atoms with Gasteiger partial charge >= 0.3 is 0 Å². The molecule has 0 aromatic carbocycles. The standard InChI is InChI=1S/C24H42.C4H10/c1-4-5-6-9-19-12-14-21-20-13-11-18-10-7-8-16-23(18,2)22(20)15-17-24(19,21)3;1-4(2)3/h18-22H,4-17H2,1-3H3;4H,1-3H3. The second kappa shape index (κ2) is 9.43. The van der Waals surface area contributed by atoms with Gasteiger partial charge in [-0.05, 0) is 104 Å². The third kappa shape index (κ3) is 4.37. The van der Waals surface area contributed by atoms with Crippen molar-refractivity contribution in [3.8, 4) is 0 Å². The lowest BCUT2D eigenvalue weighted by Crippen LogP contribution is -2.52. The molecule has 7 unspecified atom stereocenters. The van der Waals surface area contributed by atoms with Crippen molar-refractivity contribution in [3.05, 3.63) is 0 Å². The molecule has 0 bridgehead atoms. The zero-order valence-corrected chi connectivity index (χ0v) is 20.4. The number of unbranched alkanes of at least 4 members (excludes halogenated alkanes) is 2. The summed E-state index contributed by atoms with van der Waals surface area (Å²) in [6.45, 7) is 14.3. The lowest BCUT2D eigenvalue weighted by molar-refractivity contribution is -0.111. The minimum Gasteiger partial charge on any atom is -0.0654 e. The maximum absolute atomic E-state index is 2.73. The Kier molecular flexibility index (Phi) is 7.64. The van der Waals surface area contributed by atoms with Gasteiger partial charge in [0, 0.05) is 0 Å². The lowest BCUT2D eigenvalue weighted by Gasteiger charge is -2.60.